The van der Waals surface area contributed by atoms with Crippen molar-refractivity contribution in [1.29, 1.82) is 0 Å². The van der Waals surface area contributed by atoms with Crippen molar-refractivity contribution in [3.63, 3.8) is 0 Å². The van der Waals surface area contributed by atoms with E-state index in [1.807, 2.05) is 6.20 Å². The number of unbranched alkanes of at least 4 members (excludes halogenated alkanes) is 7. The van der Waals surface area contributed by atoms with Crippen molar-refractivity contribution in [2.45, 2.75) is 58.3 Å². The van der Waals surface area contributed by atoms with E-state index < -0.39 is 0 Å². The van der Waals surface area contributed by atoms with Gasteiger partial charge in [-0.3, -0.25) is 4.90 Å². The summed E-state index contributed by atoms with van der Waals surface area (Å²) < 4.78 is 0. The van der Waals surface area contributed by atoms with E-state index in [1.54, 1.807) is 0 Å². The monoisotopic (exact) mass is 238 g/mol. The van der Waals surface area contributed by atoms with E-state index in [0.29, 0.717) is 0 Å². The maximum atomic E-state index is 3.82. The molecule has 0 aromatic heterocycles. The molecule has 0 atom stereocenters. The third-order valence-corrected chi connectivity index (χ3v) is 3.67. The lowest BCUT2D eigenvalue weighted by Crippen LogP contribution is -2.23. The molecule has 0 amide bonds. The lowest BCUT2D eigenvalue weighted by molar-refractivity contribution is 0.282. The van der Waals surface area contributed by atoms with E-state index in [-0.39, 0.29) is 0 Å². The first-order valence-corrected chi connectivity index (χ1v) is 7.45. The second-order valence-corrected chi connectivity index (χ2v) is 5.23. The highest BCUT2D eigenvalue weighted by Gasteiger charge is 2.15. The molecular weight excluding hydrogens is 208 g/mol. The molecule has 0 aliphatic carbocycles. The molecule has 0 saturated carbocycles. The van der Waals surface area contributed by atoms with Gasteiger partial charge >= 0.3 is 0 Å². The van der Waals surface area contributed by atoms with Crippen molar-refractivity contribution in [1.82, 2.24) is 9.80 Å². The van der Waals surface area contributed by atoms with Crippen LogP contribution in [0.4, 0.5) is 0 Å². The van der Waals surface area contributed by atoms with E-state index in [1.165, 1.54) is 71.0 Å². The Labute approximate surface area is 108 Å². The Kier molecular flexibility index (Phi) is 8.16. The maximum Gasteiger partial charge on any atom is 0.0702 e. The molecule has 1 aliphatic heterocycles. The summed E-state index contributed by atoms with van der Waals surface area (Å²) in [4.78, 5) is 4.84. The molecule has 0 unspecified atom stereocenters. The Morgan fingerprint density at radius 2 is 1.59 bits per heavy atom. The molecule has 0 aromatic carbocycles. The summed E-state index contributed by atoms with van der Waals surface area (Å²) in [5.41, 5.74) is 0. The van der Waals surface area contributed by atoms with Gasteiger partial charge in [-0.05, 0) is 19.2 Å². The summed E-state index contributed by atoms with van der Waals surface area (Å²) in [7, 11) is 0. The molecule has 100 valence electrons. The summed E-state index contributed by atoms with van der Waals surface area (Å²) >= 11 is 0. The predicted molar refractivity (Wildman–Crippen MR) is 76.0 cm³/mol. The maximum absolute atomic E-state index is 3.82. The molecule has 17 heavy (non-hydrogen) atoms. The molecule has 0 radical (unpaired) electrons. The van der Waals surface area contributed by atoms with Crippen LogP contribution < -0.4 is 0 Å². The predicted octanol–water partition coefficient (Wildman–Crippen LogP) is 3.85. The Morgan fingerprint density at radius 1 is 0.941 bits per heavy atom. The lowest BCUT2D eigenvalue weighted by atomic mass is 10.1. The quantitative estimate of drug-likeness (QED) is 0.533. The van der Waals surface area contributed by atoms with Crippen LogP contribution in [0.1, 0.15) is 58.3 Å². The van der Waals surface area contributed by atoms with Crippen LogP contribution in [0.3, 0.4) is 0 Å². The fourth-order valence-corrected chi connectivity index (χ4v) is 2.47. The molecule has 1 fully saturated rings. The Bertz CT molecular complexity index is 191. The number of nitrogens with zero attached hydrogens (tertiary/aromatic N) is 2. The molecule has 2 heteroatoms. The van der Waals surface area contributed by atoms with Gasteiger partial charge in [-0.1, -0.05) is 58.4 Å². The largest absolute Gasteiger partial charge is 0.364 e. The normalized spacial score (nSPS) is 16.6. The molecule has 0 N–H and O–H groups in total. The molecule has 0 spiro atoms. The number of hydrogen-bond acceptors (Lipinski definition) is 2. The van der Waals surface area contributed by atoms with Gasteiger partial charge in [0.1, 0.15) is 0 Å². The summed E-state index contributed by atoms with van der Waals surface area (Å²) in [6.07, 6.45) is 13.3. The van der Waals surface area contributed by atoms with Gasteiger partial charge in [0.2, 0.25) is 0 Å². The second-order valence-electron chi connectivity index (χ2n) is 5.23. The van der Waals surface area contributed by atoms with E-state index in [2.05, 4.69) is 23.3 Å². The lowest BCUT2D eigenvalue weighted by Gasteiger charge is -2.15. The van der Waals surface area contributed by atoms with Gasteiger partial charge in [0.25, 0.3) is 0 Å². The zero-order valence-corrected chi connectivity index (χ0v) is 11.7. The topological polar surface area (TPSA) is 6.48 Å². The van der Waals surface area contributed by atoms with Gasteiger partial charge in [-0.15, -0.1) is 0 Å². The van der Waals surface area contributed by atoms with Crippen molar-refractivity contribution in [3.05, 3.63) is 12.8 Å². The third-order valence-electron chi connectivity index (χ3n) is 3.67. The Hall–Kier alpha value is -0.500. The van der Waals surface area contributed by atoms with E-state index in [4.69, 9.17) is 0 Å². The SMILES string of the molecule is C=CN1CCN(CCCCCCCCCC)C1. The average Bonchev–Trinajstić information content (AvgIpc) is 2.80. The fourth-order valence-electron chi connectivity index (χ4n) is 2.47. The smallest absolute Gasteiger partial charge is 0.0702 e. The minimum absolute atomic E-state index is 1.10. The van der Waals surface area contributed by atoms with Crippen molar-refractivity contribution < 1.29 is 0 Å². The van der Waals surface area contributed by atoms with Crippen LogP contribution in [0.2, 0.25) is 0 Å². The second kappa shape index (κ2) is 9.52. The molecule has 0 bridgehead atoms. The average molecular weight is 238 g/mol. The summed E-state index contributed by atoms with van der Waals surface area (Å²) in [6.45, 7) is 10.9. The van der Waals surface area contributed by atoms with Crippen LogP contribution in [0.5, 0.6) is 0 Å². The van der Waals surface area contributed by atoms with Gasteiger partial charge in [-0.25, -0.2) is 0 Å². The van der Waals surface area contributed by atoms with Gasteiger partial charge < -0.3 is 4.90 Å². The van der Waals surface area contributed by atoms with Gasteiger partial charge in [0, 0.05) is 13.1 Å². The fraction of sp³-hybridized carbons (Fsp3) is 0.867. The zero-order valence-electron chi connectivity index (χ0n) is 11.7. The Balaban J connectivity index is 1.83. The van der Waals surface area contributed by atoms with Crippen molar-refractivity contribution in [2.75, 3.05) is 26.3 Å². The Morgan fingerprint density at radius 3 is 2.18 bits per heavy atom. The molecule has 1 aliphatic rings. The number of rotatable bonds is 10. The molecular formula is C15H30N2. The summed E-state index contributed by atoms with van der Waals surface area (Å²) in [5, 5.41) is 0. The van der Waals surface area contributed by atoms with Crippen LogP contribution >= 0.6 is 0 Å². The van der Waals surface area contributed by atoms with Crippen molar-refractivity contribution >= 4 is 0 Å². The highest BCUT2D eigenvalue weighted by atomic mass is 15.4. The van der Waals surface area contributed by atoms with Gasteiger partial charge in [0.15, 0.2) is 0 Å². The minimum atomic E-state index is 1.10. The molecule has 2 nitrogen and oxygen atoms in total. The molecule has 1 saturated heterocycles. The highest BCUT2D eigenvalue weighted by molar-refractivity contribution is 4.78. The molecule has 1 rings (SSSR count). The third kappa shape index (κ3) is 6.72. The van der Waals surface area contributed by atoms with E-state index >= 15 is 0 Å². The molecule has 1 heterocycles. The van der Waals surface area contributed by atoms with Crippen LogP contribution in [0.25, 0.3) is 0 Å². The van der Waals surface area contributed by atoms with Crippen molar-refractivity contribution in [2.24, 2.45) is 0 Å². The number of hydrogen-bond donors (Lipinski definition) is 0. The first kappa shape index (κ1) is 14.6. The van der Waals surface area contributed by atoms with E-state index in [0.717, 1.165) is 6.67 Å². The molecule has 0 aromatic rings. The standard InChI is InChI=1S/C15H30N2/c1-3-5-6-7-8-9-10-11-12-17-14-13-16(4-2)15-17/h4H,2-3,5-15H2,1H3. The zero-order chi connectivity index (χ0) is 12.3. The van der Waals surface area contributed by atoms with E-state index in [9.17, 15) is 0 Å². The highest BCUT2D eigenvalue weighted by Crippen LogP contribution is 2.10. The van der Waals surface area contributed by atoms with Crippen LogP contribution in [0.15, 0.2) is 12.8 Å². The van der Waals surface area contributed by atoms with Gasteiger partial charge in [0.05, 0.1) is 6.67 Å². The van der Waals surface area contributed by atoms with Crippen LogP contribution in [-0.2, 0) is 0 Å². The first-order valence-electron chi connectivity index (χ1n) is 7.45. The van der Waals surface area contributed by atoms with Gasteiger partial charge in [-0.2, -0.15) is 0 Å². The summed E-state index contributed by atoms with van der Waals surface area (Å²) in [6, 6.07) is 0. The van der Waals surface area contributed by atoms with Crippen molar-refractivity contribution in [3.8, 4) is 0 Å². The van der Waals surface area contributed by atoms with Crippen LogP contribution in [0, 0.1) is 0 Å². The summed E-state index contributed by atoms with van der Waals surface area (Å²) in [5.74, 6) is 0. The minimum Gasteiger partial charge on any atom is -0.364 e. The first-order chi connectivity index (χ1) is 8.36. The van der Waals surface area contributed by atoms with Crippen LogP contribution in [-0.4, -0.2) is 36.1 Å².